The average molecular weight is 364 g/mol. The lowest BCUT2D eigenvalue weighted by atomic mass is 10.2. The molecule has 138 valence electrons. The smallest absolute Gasteiger partial charge is 0.261 e. The molecule has 0 saturated heterocycles. The number of amides is 2. The summed E-state index contributed by atoms with van der Waals surface area (Å²) in [6.07, 6.45) is 1.57. The number of para-hydroxylation sites is 1. The first-order chi connectivity index (χ1) is 13.1. The van der Waals surface area contributed by atoms with Gasteiger partial charge in [0, 0.05) is 6.54 Å². The highest BCUT2D eigenvalue weighted by Gasteiger charge is 2.18. The third-order valence-corrected chi connectivity index (χ3v) is 4.00. The van der Waals surface area contributed by atoms with E-state index < -0.39 is 5.91 Å². The van der Waals surface area contributed by atoms with Crippen LogP contribution >= 0.6 is 0 Å². The molecule has 3 aromatic rings. The van der Waals surface area contributed by atoms with Gasteiger partial charge in [-0.3, -0.25) is 9.59 Å². The Hall–Kier alpha value is -3.54. The minimum Gasteiger partial charge on any atom is -0.483 e. The Morgan fingerprint density at radius 1 is 0.926 bits per heavy atom. The number of primary amides is 1. The van der Waals surface area contributed by atoms with Gasteiger partial charge in [0.05, 0.1) is 18.4 Å². The molecule has 0 atom stereocenters. The third-order valence-electron chi connectivity index (χ3n) is 4.00. The van der Waals surface area contributed by atoms with Crippen molar-refractivity contribution in [3.05, 3.63) is 89.9 Å². The predicted molar refractivity (Wildman–Crippen MR) is 99.9 cm³/mol. The first kappa shape index (κ1) is 18.3. The first-order valence-corrected chi connectivity index (χ1v) is 8.49. The minimum absolute atomic E-state index is 0.210. The number of benzene rings is 2. The van der Waals surface area contributed by atoms with E-state index in [0.29, 0.717) is 18.8 Å². The standard InChI is InChI=1S/C21H20N2O4/c22-21(25)18-10-4-5-11-19(18)27-15-20(24)23(14-17-9-6-12-26-17)13-16-7-2-1-3-8-16/h1-12H,13-15H2,(H2,22,25). The van der Waals surface area contributed by atoms with Gasteiger partial charge in [-0.05, 0) is 29.8 Å². The fourth-order valence-electron chi connectivity index (χ4n) is 2.65. The second-order valence-corrected chi connectivity index (χ2v) is 5.96. The number of hydrogen-bond acceptors (Lipinski definition) is 4. The van der Waals surface area contributed by atoms with Crippen LogP contribution in [0.4, 0.5) is 0 Å². The Morgan fingerprint density at radius 2 is 1.67 bits per heavy atom. The lowest BCUT2D eigenvalue weighted by molar-refractivity contribution is -0.134. The molecule has 3 rings (SSSR count). The highest BCUT2D eigenvalue weighted by molar-refractivity contribution is 5.95. The van der Waals surface area contributed by atoms with Crippen LogP contribution in [0.5, 0.6) is 5.75 Å². The van der Waals surface area contributed by atoms with Crippen molar-refractivity contribution in [3.63, 3.8) is 0 Å². The second-order valence-electron chi connectivity index (χ2n) is 5.96. The lowest BCUT2D eigenvalue weighted by Gasteiger charge is -2.22. The first-order valence-electron chi connectivity index (χ1n) is 8.49. The number of nitrogens with two attached hydrogens (primary N) is 1. The Kier molecular flexibility index (Phi) is 5.89. The monoisotopic (exact) mass is 364 g/mol. The second kappa shape index (κ2) is 8.71. The molecule has 2 aromatic carbocycles. The fourth-order valence-corrected chi connectivity index (χ4v) is 2.65. The number of carbonyl (C=O) groups excluding carboxylic acids is 2. The Labute approximate surface area is 157 Å². The summed E-state index contributed by atoms with van der Waals surface area (Å²) in [4.78, 5) is 25.9. The molecule has 0 spiro atoms. The maximum absolute atomic E-state index is 12.8. The molecule has 0 bridgehead atoms. The molecule has 0 radical (unpaired) electrons. The molecule has 6 nitrogen and oxygen atoms in total. The number of furan rings is 1. The topological polar surface area (TPSA) is 85.8 Å². The summed E-state index contributed by atoms with van der Waals surface area (Å²) in [7, 11) is 0. The van der Waals surface area contributed by atoms with E-state index in [1.165, 1.54) is 0 Å². The lowest BCUT2D eigenvalue weighted by Crippen LogP contribution is -2.34. The number of nitrogens with zero attached hydrogens (tertiary/aromatic N) is 1. The van der Waals surface area contributed by atoms with Gasteiger partial charge in [-0.2, -0.15) is 0 Å². The van der Waals surface area contributed by atoms with E-state index in [0.717, 1.165) is 5.56 Å². The van der Waals surface area contributed by atoms with Crippen molar-refractivity contribution in [1.82, 2.24) is 4.90 Å². The maximum atomic E-state index is 12.8. The molecule has 0 saturated carbocycles. The summed E-state index contributed by atoms with van der Waals surface area (Å²) in [5.74, 6) is 0.136. The molecule has 0 aliphatic rings. The van der Waals surface area contributed by atoms with Crippen LogP contribution in [0.15, 0.2) is 77.4 Å². The molecule has 0 aliphatic carbocycles. The van der Waals surface area contributed by atoms with Gasteiger partial charge >= 0.3 is 0 Å². The van der Waals surface area contributed by atoms with E-state index >= 15 is 0 Å². The van der Waals surface area contributed by atoms with Gasteiger partial charge in [0.2, 0.25) is 0 Å². The number of carbonyl (C=O) groups is 2. The van der Waals surface area contributed by atoms with Crippen molar-refractivity contribution in [2.24, 2.45) is 5.73 Å². The third kappa shape index (κ3) is 4.98. The molecule has 2 amide bonds. The van der Waals surface area contributed by atoms with Gasteiger partial charge in [0.25, 0.3) is 11.8 Å². The Balaban J connectivity index is 1.71. The van der Waals surface area contributed by atoms with Crippen LogP contribution in [0.3, 0.4) is 0 Å². The van der Waals surface area contributed by atoms with E-state index in [1.54, 1.807) is 41.5 Å². The van der Waals surface area contributed by atoms with Crippen LogP contribution < -0.4 is 10.5 Å². The van der Waals surface area contributed by atoms with E-state index in [9.17, 15) is 9.59 Å². The van der Waals surface area contributed by atoms with Crippen molar-refractivity contribution in [2.45, 2.75) is 13.1 Å². The average Bonchev–Trinajstić information content (AvgIpc) is 3.19. The molecule has 2 N–H and O–H groups in total. The fraction of sp³-hybridized carbons (Fsp3) is 0.143. The molecule has 0 fully saturated rings. The highest BCUT2D eigenvalue weighted by Crippen LogP contribution is 2.18. The summed E-state index contributed by atoms with van der Waals surface area (Å²) >= 11 is 0. The highest BCUT2D eigenvalue weighted by atomic mass is 16.5. The molecule has 6 heteroatoms. The number of ether oxygens (including phenoxy) is 1. The van der Waals surface area contributed by atoms with Crippen LogP contribution in [0.25, 0.3) is 0 Å². The van der Waals surface area contributed by atoms with E-state index in [-0.39, 0.29) is 23.8 Å². The molecular weight excluding hydrogens is 344 g/mol. The SMILES string of the molecule is NC(=O)c1ccccc1OCC(=O)N(Cc1ccccc1)Cc1ccco1. The van der Waals surface area contributed by atoms with E-state index in [1.807, 2.05) is 36.4 Å². The molecule has 0 unspecified atom stereocenters. The van der Waals surface area contributed by atoms with Gasteiger partial charge in [0.1, 0.15) is 11.5 Å². The number of hydrogen-bond donors (Lipinski definition) is 1. The Morgan fingerprint density at radius 3 is 2.37 bits per heavy atom. The van der Waals surface area contributed by atoms with Crippen LogP contribution in [0, 0.1) is 0 Å². The van der Waals surface area contributed by atoms with Gasteiger partial charge < -0.3 is 19.8 Å². The van der Waals surface area contributed by atoms with E-state index in [2.05, 4.69) is 0 Å². The van der Waals surface area contributed by atoms with Crippen molar-refractivity contribution in [3.8, 4) is 5.75 Å². The molecule has 27 heavy (non-hydrogen) atoms. The van der Waals surface area contributed by atoms with Gasteiger partial charge in [-0.15, -0.1) is 0 Å². The van der Waals surface area contributed by atoms with Crippen molar-refractivity contribution < 1.29 is 18.7 Å². The van der Waals surface area contributed by atoms with E-state index in [4.69, 9.17) is 14.9 Å². The molecule has 1 heterocycles. The molecule has 1 aromatic heterocycles. The summed E-state index contributed by atoms with van der Waals surface area (Å²) < 4.78 is 10.9. The van der Waals surface area contributed by atoms with Crippen molar-refractivity contribution in [1.29, 1.82) is 0 Å². The Bertz CT molecular complexity index is 892. The summed E-state index contributed by atoms with van der Waals surface area (Å²) in [6.45, 7) is 0.528. The largest absolute Gasteiger partial charge is 0.483 e. The number of rotatable bonds is 8. The quantitative estimate of drug-likeness (QED) is 0.666. The van der Waals surface area contributed by atoms with Gasteiger partial charge in [-0.1, -0.05) is 42.5 Å². The summed E-state index contributed by atoms with van der Waals surface area (Å²) in [5, 5.41) is 0. The maximum Gasteiger partial charge on any atom is 0.261 e. The zero-order valence-corrected chi connectivity index (χ0v) is 14.7. The van der Waals surface area contributed by atoms with Crippen LogP contribution in [-0.2, 0) is 17.9 Å². The van der Waals surface area contributed by atoms with Crippen molar-refractivity contribution >= 4 is 11.8 Å². The summed E-state index contributed by atoms with van der Waals surface area (Å²) in [5.41, 5.74) is 6.58. The van der Waals surface area contributed by atoms with Gasteiger partial charge in [-0.25, -0.2) is 0 Å². The summed E-state index contributed by atoms with van der Waals surface area (Å²) in [6, 6.07) is 19.8. The van der Waals surface area contributed by atoms with Crippen LogP contribution in [0.2, 0.25) is 0 Å². The zero-order chi connectivity index (χ0) is 19.1. The zero-order valence-electron chi connectivity index (χ0n) is 14.7. The molecular formula is C21H20N2O4. The minimum atomic E-state index is -0.602. The predicted octanol–water partition coefficient (Wildman–Crippen LogP) is 2.99. The van der Waals surface area contributed by atoms with Gasteiger partial charge in [0.15, 0.2) is 6.61 Å². The normalized spacial score (nSPS) is 10.4. The van der Waals surface area contributed by atoms with Crippen molar-refractivity contribution in [2.75, 3.05) is 6.61 Å². The van der Waals surface area contributed by atoms with Crippen LogP contribution in [-0.4, -0.2) is 23.3 Å². The molecule has 0 aliphatic heterocycles. The van der Waals surface area contributed by atoms with Crippen LogP contribution in [0.1, 0.15) is 21.7 Å².